The van der Waals surface area contributed by atoms with Crippen molar-refractivity contribution in [1.82, 2.24) is 20.0 Å². The summed E-state index contributed by atoms with van der Waals surface area (Å²) in [5.41, 5.74) is 0.879. The summed E-state index contributed by atoms with van der Waals surface area (Å²) >= 11 is 0. The minimum Gasteiger partial charge on any atom is -0.497 e. The molecule has 0 radical (unpaired) electrons. The van der Waals surface area contributed by atoms with E-state index in [0.717, 1.165) is 24.4 Å². The third-order valence-electron chi connectivity index (χ3n) is 5.67. The number of piperidine rings is 1. The van der Waals surface area contributed by atoms with Crippen molar-refractivity contribution < 1.29 is 19.1 Å². The van der Waals surface area contributed by atoms with Gasteiger partial charge in [-0.25, -0.2) is 0 Å². The minimum atomic E-state index is -0.628. The van der Waals surface area contributed by atoms with Gasteiger partial charge in [0, 0.05) is 32.9 Å². The molecule has 0 bridgehead atoms. The predicted octanol–water partition coefficient (Wildman–Crippen LogP) is 2.81. The molecule has 1 saturated heterocycles. The van der Waals surface area contributed by atoms with Gasteiger partial charge in [0.2, 0.25) is 5.82 Å². The standard InChI is InChI=1S/C22H26N4O4/c1-28-17-7-5-6-16(14-17)19(27)15-26-12-9-22(29-2,10-13-26)21-24-20(25-30-21)18-8-3-4-11-23-18/h3-8,11,14,19,27H,9-10,12-13,15H2,1-2H3/t19-/m1/s1. The van der Waals surface area contributed by atoms with Gasteiger partial charge in [-0.15, -0.1) is 0 Å². The van der Waals surface area contributed by atoms with E-state index in [1.165, 1.54) is 0 Å². The molecule has 3 aromatic rings. The Bertz CT molecular complexity index is 955. The van der Waals surface area contributed by atoms with Crippen molar-refractivity contribution in [2.75, 3.05) is 33.9 Å². The van der Waals surface area contributed by atoms with Crippen LogP contribution in [0.4, 0.5) is 0 Å². The van der Waals surface area contributed by atoms with Crippen LogP contribution < -0.4 is 4.74 Å². The van der Waals surface area contributed by atoms with Gasteiger partial charge in [-0.3, -0.25) is 4.98 Å². The summed E-state index contributed by atoms with van der Waals surface area (Å²) in [5, 5.41) is 14.7. The number of pyridine rings is 1. The van der Waals surface area contributed by atoms with E-state index in [2.05, 4.69) is 20.0 Å². The first-order valence-corrected chi connectivity index (χ1v) is 9.99. The van der Waals surface area contributed by atoms with Crippen LogP contribution in [0.25, 0.3) is 11.5 Å². The van der Waals surface area contributed by atoms with Gasteiger partial charge in [0.15, 0.2) is 0 Å². The van der Waals surface area contributed by atoms with Crippen LogP contribution in [0.15, 0.2) is 53.2 Å². The number of aliphatic hydroxyl groups excluding tert-OH is 1. The van der Waals surface area contributed by atoms with Gasteiger partial charge in [-0.2, -0.15) is 4.98 Å². The number of hydrogen-bond donors (Lipinski definition) is 1. The van der Waals surface area contributed by atoms with Crippen molar-refractivity contribution in [2.24, 2.45) is 0 Å². The largest absolute Gasteiger partial charge is 0.497 e. The molecule has 1 aromatic carbocycles. The van der Waals surface area contributed by atoms with Crippen LogP contribution in [0.3, 0.4) is 0 Å². The maximum absolute atomic E-state index is 10.7. The van der Waals surface area contributed by atoms with Gasteiger partial charge < -0.3 is 24.0 Å². The number of likely N-dealkylation sites (tertiary alicyclic amines) is 1. The lowest BCUT2D eigenvalue weighted by molar-refractivity contribution is -0.0866. The number of benzene rings is 1. The lowest BCUT2D eigenvalue weighted by Crippen LogP contribution is -2.45. The lowest BCUT2D eigenvalue weighted by atomic mass is 9.90. The number of β-amino-alcohol motifs (C(OH)–C–C–N with tert-alkyl or cyclic N) is 1. The smallest absolute Gasteiger partial charge is 0.259 e. The van der Waals surface area contributed by atoms with Crippen molar-refractivity contribution in [3.05, 3.63) is 60.1 Å². The highest BCUT2D eigenvalue weighted by atomic mass is 16.5. The monoisotopic (exact) mass is 410 g/mol. The average molecular weight is 410 g/mol. The topological polar surface area (TPSA) is 93.7 Å². The fraction of sp³-hybridized carbons (Fsp3) is 0.409. The zero-order valence-electron chi connectivity index (χ0n) is 17.2. The second-order valence-corrected chi connectivity index (χ2v) is 7.43. The quantitative estimate of drug-likeness (QED) is 0.636. The molecule has 1 N–H and O–H groups in total. The minimum absolute atomic E-state index is 0.456. The molecule has 1 aliphatic rings. The van der Waals surface area contributed by atoms with Crippen LogP contribution in [0, 0.1) is 0 Å². The fourth-order valence-electron chi connectivity index (χ4n) is 3.81. The number of hydrogen-bond acceptors (Lipinski definition) is 8. The van der Waals surface area contributed by atoms with Gasteiger partial charge in [-0.05, 0) is 42.7 Å². The highest BCUT2D eigenvalue weighted by Crippen LogP contribution is 2.36. The van der Waals surface area contributed by atoms with Crippen LogP contribution in [0.1, 0.15) is 30.4 Å². The molecule has 3 heterocycles. The summed E-state index contributed by atoms with van der Waals surface area (Å²) in [4.78, 5) is 11.0. The summed E-state index contributed by atoms with van der Waals surface area (Å²) in [7, 11) is 3.29. The van der Waals surface area contributed by atoms with Crippen molar-refractivity contribution in [3.8, 4) is 17.3 Å². The molecule has 0 amide bonds. The van der Waals surface area contributed by atoms with Gasteiger partial charge in [0.05, 0.1) is 13.2 Å². The van der Waals surface area contributed by atoms with E-state index >= 15 is 0 Å². The Morgan fingerprint density at radius 3 is 2.70 bits per heavy atom. The fourth-order valence-corrected chi connectivity index (χ4v) is 3.81. The molecule has 158 valence electrons. The summed E-state index contributed by atoms with van der Waals surface area (Å²) in [6, 6.07) is 13.1. The first kappa shape index (κ1) is 20.5. The molecule has 8 heteroatoms. The van der Waals surface area contributed by atoms with Crippen molar-refractivity contribution in [1.29, 1.82) is 0 Å². The van der Waals surface area contributed by atoms with Gasteiger partial charge in [0.1, 0.15) is 17.0 Å². The normalized spacial score (nSPS) is 17.6. The maximum Gasteiger partial charge on any atom is 0.259 e. The number of aliphatic hydroxyl groups is 1. The van der Waals surface area contributed by atoms with Crippen LogP contribution in [0.2, 0.25) is 0 Å². The van der Waals surface area contributed by atoms with E-state index < -0.39 is 11.7 Å². The first-order chi connectivity index (χ1) is 14.6. The Morgan fingerprint density at radius 1 is 1.17 bits per heavy atom. The van der Waals surface area contributed by atoms with Crippen LogP contribution in [-0.4, -0.2) is 59.0 Å². The molecule has 1 fully saturated rings. The third-order valence-corrected chi connectivity index (χ3v) is 5.67. The molecule has 8 nitrogen and oxygen atoms in total. The van der Waals surface area contributed by atoms with Crippen molar-refractivity contribution in [3.63, 3.8) is 0 Å². The molecule has 4 rings (SSSR count). The van der Waals surface area contributed by atoms with Gasteiger partial charge >= 0.3 is 0 Å². The summed E-state index contributed by atoms with van der Waals surface area (Å²) < 4.78 is 16.7. The van der Waals surface area contributed by atoms with E-state index in [-0.39, 0.29) is 0 Å². The molecular formula is C22H26N4O4. The highest BCUT2D eigenvalue weighted by Gasteiger charge is 2.42. The summed E-state index contributed by atoms with van der Waals surface area (Å²) in [5.74, 6) is 1.67. The molecule has 0 aliphatic carbocycles. The zero-order valence-corrected chi connectivity index (χ0v) is 17.2. The average Bonchev–Trinajstić information content (AvgIpc) is 3.31. The Labute approximate surface area is 175 Å². The van der Waals surface area contributed by atoms with E-state index in [1.54, 1.807) is 20.4 Å². The molecule has 0 saturated carbocycles. The van der Waals surface area contributed by atoms with Gasteiger partial charge in [-0.1, -0.05) is 23.4 Å². The molecule has 0 spiro atoms. The Hall–Kier alpha value is -2.81. The maximum atomic E-state index is 10.7. The van der Waals surface area contributed by atoms with Crippen LogP contribution in [-0.2, 0) is 10.3 Å². The second-order valence-electron chi connectivity index (χ2n) is 7.43. The highest BCUT2D eigenvalue weighted by molar-refractivity contribution is 5.47. The van der Waals surface area contributed by atoms with E-state index in [9.17, 15) is 5.11 Å². The molecule has 1 aliphatic heterocycles. The predicted molar refractivity (Wildman–Crippen MR) is 110 cm³/mol. The summed E-state index contributed by atoms with van der Waals surface area (Å²) in [6.45, 7) is 2.03. The molecule has 30 heavy (non-hydrogen) atoms. The van der Waals surface area contributed by atoms with E-state index in [4.69, 9.17) is 14.0 Å². The molecular weight excluding hydrogens is 384 g/mol. The third kappa shape index (κ3) is 4.21. The Morgan fingerprint density at radius 2 is 2.00 bits per heavy atom. The van der Waals surface area contributed by atoms with Crippen molar-refractivity contribution >= 4 is 0 Å². The Kier molecular flexibility index (Phi) is 6.08. The van der Waals surface area contributed by atoms with E-state index in [1.807, 2.05) is 42.5 Å². The SMILES string of the molecule is COc1cccc([C@H](O)CN2CCC(OC)(c3nc(-c4ccccn4)no3)CC2)c1. The van der Waals surface area contributed by atoms with E-state index in [0.29, 0.717) is 36.8 Å². The number of rotatable bonds is 7. The number of aromatic nitrogens is 3. The van der Waals surface area contributed by atoms with Crippen LogP contribution in [0.5, 0.6) is 5.75 Å². The Balaban J connectivity index is 1.41. The number of nitrogens with zero attached hydrogens (tertiary/aromatic N) is 4. The van der Waals surface area contributed by atoms with Gasteiger partial charge in [0.25, 0.3) is 5.89 Å². The molecule has 0 unspecified atom stereocenters. The number of methoxy groups -OCH3 is 2. The lowest BCUT2D eigenvalue weighted by Gasteiger charge is -2.38. The molecule has 2 aromatic heterocycles. The molecule has 1 atom stereocenters. The zero-order chi connectivity index (χ0) is 21.0. The number of ether oxygens (including phenoxy) is 2. The summed E-state index contributed by atoms with van der Waals surface area (Å²) in [6.07, 6.45) is 2.49. The van der Waals surface area contributed by atoms with Crippen molar-refractivity contribution in [2.45, 2.75) is 24.5 Å². The first-order valence-electron chi connectivity index (χ1n) is 9.99. The second kappa shape index (κ2) is 8.91. The van der Waals surface area contributed by atoms with Crippen LogP contribution >= 0.6 is 0 Å².